The predicted molar refractivity (Wildman–Crippen MR) is 146 cm³/mol. The molecule has 4 aromatic carbocycles. The summed E-state index contributed by atoms with van der Waals surface area (Å²) in [7, 11) is 0. The van der Waals surface area contributed by atoms with Gasteiger partial charge in [0.1, 0.15) is 0 Å². The molecule has 0 unspecified atom stereocenters. The van der Waals surface area contributed by atoms with Gasteiger partial charge in [-0.15, -0.1) is 69.1 Å². The van der Waals surface area contributed by atoms with E-state index in [0.29, 0.717) is 11.8 Å². The van der Waals surface area contributed by atoms with Crippen LogP contribution in [0, 0.1) is 19.2 Å². The van der Waals surface area contributed by atoms with Crippen molar-refractivity contribution in [3.63, 3.8) is 0 Å². The molecule has 0 fully saturated rings. The Hall–Kier alpha value is -0.950. The second kappa shape index (κ2) is 14.3. The van der Waals surface area contributed by atoms with Crippen LogP contribution in [0.4, 0.5) is 0 Å². The Morgan fingerprint density at radius 3 is 1.34 bits per heavy atom. The van der Waals surface area contributed by atoms with E-state index in [9.17, 15) is 0 Å². The van der Waals surface area contributed by atoms with Crippen LogP contribution in [-0.2, 0) is 23.3 Å². The number of halogens is 1. The Kier molecular flexibility index (Phi) is 13.0. The van der Waals surface area contributed by atoms with Gasteiger partial charge < -0.3 is 11.6 Å². The fourth-order valence-electron chi connectivity index (χ4n) is 3.82. The predicted octanol–water partition coefficient (Wildman–Crippen LogP) is 8.86. The van der Waals surface area contributed by atoms with Crippen molar-refractivity contribution in [2.45, 2.75) is 67.2 Å². The summed E-state index contributed by atoms with van der Waals surface area (Å²) in [5.41, 5.74) is 5.66. The molecule has 0 nitrogen and oxygen atoms in total. The molecule has 4 aromatic rings. The molecule has 0 saturated carbocycles. The van der Waals surface area contributed by atoms with Crippen LogP contribution in [0.15, 0.2) is 60.7 Å². The molecule has 0 N–H and O–H groups in total. The van der Waals surface area contributed by atoms with E-state index in [1.807, 2.05) is 20.7 Å². The molecule has 0 heterocycles. The van der Waals surface area contributed by atoms with Gasteiger partial charge in [-0.2, -0.15) is 26.0 Å². The van der Waals surface area contributed by atoms with Crippen molar-refractivity contribution in [2.75, 3.05) is 0 Å². The first-order valence-corrected chi connectivity index (χ1v) is 17.5. The number of benzene rings is 2. The first kappa shape index (κ1) is 29.1. The molecule has 0 amide bonds. The Balaban J connectivity index is 0.000000258. The topological polar surface area (TPSA) is 0 Å². The van der Waals surface area contributed by atoms with Crippen molar-refractivity contribution >= 4 is 40.0 Å². The molecule has 0 radical (unpaired) electrons. The van der Waals surface area contributed by atoms with Crippen LogP contribution in [0.5, 0.6) is 0 Å². The van der Waals surface area contributed by atoms with Crippen LogP contribution in [0.25, 0.3) is 21.5 Å². The summed E-state index contributed by atoms with van der Waals surface area (Å²) in [5.74, 6) is 1.23. The van der Waals surface area contributed by atoms with Crippen LogP contribution in [0.1, 0.15) is 75.6 Å². The van der Waals surface area contributed by atoms with Gasteiger partial charge >= 0.3 is 30.2 Å². The maximum atomic E-state index is 5.19. The molecule has 0 aliphatic rings. The van der Waals surface area contributed by atoms with Crippen molar-refractivity contribution < 1.29 is 23.3 Å². The van der Waals surface area contributed by atoms with Gasteiger partial charge in [0.15, 0.2) is 0 Å². The zero-order valence-electron chi connectivity index (χ0n) is 21.0. The summed E-state index contributed by atoms with van der Waals surface area (Å²) >= 11 is 6.77. The van der Waals surface area contributed by atoms with E-state index < -0.39 is 0 Å². The summed E-state index contributed by atoms with van der Waals surface area (Å²) in [6, 6.07) is 22.2. The second-order valence-corrected chi connectivity index (χ2v) is 9.71. The van der Waals surface area contributed by atoms with Crippen molar-refractivity contribution in [1.82, 2.24) is 0 Å². The monoisotopic (exact) mass is 539 g/mol. The molecule has 0 atom stereocenters. The zero-order valence-corrected chi connectivity index (χ0v) is 25.6. The third kappa shape index (κ3) is 8.77. The molecule has 0 spiro atoms. The zero-order chi connectivity index (χ0) is 24.4. The summed E-state index contributed by atoms with van der Waals surface area (Å²) < 4.78 is 0. The fourth-order valence-corrected chi connectivity index (χ4v) is 3.82. The normalized spacial score (nSPS) is 10.5. The third-order valence-corrected chi connectivity index (χ3v) is 5.10. The Morgan fingerprint density at radius 2 is 1.06 bits per heavy atom. The standard InChI is InChI=1S/2C13H15.C3H6Cl.H2Si.Zr/c2*1-9(2)12-6-4-5-11-7-10(3)8-13(11)12;1-3(2)4;;/h2*4-9H,1-3H3;1-2H3;1H2;/q3*-1;;. The Labute approximate surface area is 217 Å². The van der Waals surface area contributed by atoms with Crippen molar-refractivity contribution in [3.05, 3.63) is 88.3 Å². The first-order valence-electron chi connectivity index (χ1n) is 11.2. The third-order valence-electron chi connectivity index (χ3n) is 5.10. The van der Waals surface area contributed by atoms with Gasteiger partial charge in [0.25, 0.3) is 0 Å². The minimum absolute atomic E-state index is 0.616. The van der Waals surface area contributed by atoms with Gasteiger partial charge in [-0.1, -0.05) is 64.8 Å². The average molecular weight is 541 g/mol. The second-order valence-electron chi connectivity index (χ2n) is 8.95. The molecule has 0 aliphatic carbocycles. The summed E-state index contributed by atoms with van der Waals surface area (Å²) in [6.07, 6.45) is 0. The van der Waals surface area contributed by atoms with Crippen molar-refractivity contribution in [1.29, 1.82) is 0 Å². The number of hydrogen-bond acceptors (Lipinski definition) is 0. The molecule has 3 heteroatoms. The number of hydrogen-bond donors (Lipinski definition) is 0. The molecule has 0 bridgehead atoms. The molecule has 0 saturated heterocycles. The number of fused-ring (bicyclic) bond motifs is 2. The van der Waals surface area contributed by atoms with Crippen LogP contribution < -0.4 is 0 Å². The van der Waals surface area contributed by atoms with Gasteiger partial charge in [-0.25, -0.2) is 5.38 Å². The van der Waals surface area contributed by atoms with E-state index in [-0.39, 0.29) is 0 Å². The van der Waals surface area contributed by atoms with E-state index in [4.69, 9.17) is 11.6 Å². The first-order chi connectivity index (χ1) is 15.1. The molecule has 0 aromatic heterocycles. The maximum absolute atomic E-state index is 5.19. The summed E-state index contributed by atoms with van der Waals surface area (Å²) in [4.78, 5) is 0. The van der Waals surface area contributed by atoms with E-state index in [1.165, 1.54) is 43.8 Å². The van der Waals surface area contributed by atoms with Crippen LogP contribution in [0.2, 0.25) is 0 Å². The molecule has 32 heavy (non-hydrogen) atoms. The molecule has 0 aliphatic heterocycles. The van der Waals surface area contributed by atoms with Gasteiger partial charge in [0, 0.05) is 0 Å². The number of rotatable bonds is 2. The van der Waals surface area contributed by atoms with E-state index in [1.54, 1.807) is 23.3 Å². The van der Waals surface area contributed by atoms with Gasteiger partial charge in [-0.3, -0.25) is 0 Å². The van der Waals surface area contributed by atoms with E-state index >= 15 is 0 Å². The van der Waals surface area contributed by atoms with Crippen molar-refractivity contribution in [3.8, 4) is 0 Å². The SMILES string of the molecule is C[C-](C)Cl.Cc1cc2c(C(C)C)cccc2[cH-]1.Cc1cc2c(C(C)C)cccc2[cH-]1.[SiH2]=[Zr]. The van der Waals surface area contributed by atoms with Crippen LogP contribution in [-0.4, -0.2) is 6.88 Å². The van der Waals surface area contributed by atoms with E-state index in [2.05, 4.69) is 102 Å². The Morgan fingerprint density at radius 1 is 0.750 bits per heavy atom. The molecule has 172 valence electrons. The molecule has 4 rings (SSSR count). The van der Waals surface area contributed by atoms with Gasteiger partial charge in [0.2, 0.25) is 0 Å². The van der Waals surface area contributed by atoms with E-state index in [0.717, 1.165) is 5.38 Å². The van der Waals surface area contributed by atoms with Crippen molar-refractivity contribution in [2.24, 2.45) is 0 Å². The quantitative estimate of drug-likeness (QED) is 0.176. The fraction of sp³-hybridized carbons (Fsp3) is 0.345. The molecular formula is C29H38ClSiZr-3. The number of aryl methyl sites for hydroxylation is 2. The van der Waals surface area contributed by atoms with Gasteiger partial charge in [-0.05, 0) is 11.8 Å². The van der Waals surface area contributed by atoms with Crippen LogP contribution >= 0.6 is 11.6 Å². The minimum atomic E-state index is 0.616. The molecular weight excluding hydrogens is 503 g/mol. The van der Waals surface area contributed by atoms with Gasteiger partial charge in [0.05, 0.1) is 0 Å². The van der Waals surface area contributed by atoms with Crippen LogP contribution in [0.3, 0.4) is 0 Å². The summed E-state index contributed by atoms with van der Waals surface area (Å²) in [6.45, 7) is 19.0. The Bertz CT molecular complexity index is 998. The summed E-state index contributed by atoms with van der Waals surface area (Å²) in [5, 5.41) is 6.50. The average Bonchev–Trinajstić information content (AvgIpc) is 3.29.